The first-order chi connectivity index (χ1) is 17.7. The molecule has 1 aliphatic rings. The Morgan fingerprint density at radius 2 is 1.78 bits per heavy atom. The molecule has 7 nitrogen and oxygen atoms in total. The highest BCUT2D eigenvalue weighted by atomic mass is 16.5. The fourth-order valence-electron chi connectivity index (χ4n) is 4.65. The van der Waals surface area contributed by atoms with Crippen LogP contribution in [-0.4, -0.2) is 60.8 Å². The lowest BCUT2D eigenvalue weighted by Gasteiger charge is -2.27. The van der Waals surface area contributed by atoms with Gasteiger partial charge in [-0.15, -0.1) is 0 Å². The van der Waals surface area contributed by atoms with Gasteiger partial charge in [0, 0.05) is 79.1 Å². The molecule has 2 aromatic heterocycles. The Kier molecular flexibility index (Phi) is 8.13. The number of anilines is 3. The number of rotatable bonds is 11. The van der Waals surface area contributed by atoms with Crippen LogP contribution >= 0.6 is 0 Å². The van der Waals surface area contributed by atoms with Crippen molar-refractivity contribution in [3.8, 4) is 0 Å². The van der Waals surface area contributed by atoms with Crippen LogP contribution < -0.4 is 16.0 Å². The predicted molar refractivity (Wildman–Crippen MR) is 148 cm³/mol. The van der Waals surface area contributed by atoms with Crippen molar-refractivity contribution in [3.63, 3.8) is 0 Å². The van der Waals surface area contributed by atoms with Crippen LogP contribution in [0.1, 0.15) is 24.2 Å². The first kappa shape index (κ1) is 24.3. The van der Waals surface area contributed by atoms with Crippen molar-refractivity contribution in [2.45, 2.75) is 19.4 Å². The van der Waals surface area contributed by atoms with Gasteiger partial charge in [-0.3, -0.25) is 9.88 Å². The van der Waals surface area contributed by atoms with Crippen molar-refractivity contribution >= 4 is 28.0 Å². The van der Waals surface area contributed by atoms with E-state index in [0.717, 1.165) is 75.1 Å². The number of nitrogens with zero attached hydrogens (tertiary/aromatic N) is 2. The molecule has 0 amide bonds. The van der Waals surface area contributed by atoms with E-state index in [1.807, 2.05) is 12.3 Å². The fraction of sp³-hybridized carbons (Fsp3) is 0.345. The first-order valence-electron chi connectivity index (χ1n) is 12.9. The van der Waals surface area contributed by atoms with Crippen molar-refractivity contribution in [1.29, 1.82) is 0 Å². The zero-order valence-corrected chi connectivity index (χ0v) is 21.0. The number of hydrogen-bond donors (Lipinski definition) is 4. The van der Waals surface area contributed by atoms with Crippen LogP contribution in [0.2, 0.25) is 0 Å². The fourth-order valence-corrected chi connectivity index (χ4v) is 4.65. The third kappa shape index (κ3) is 6.43. The number of ether oxygens (including phenoxy) is 1. The molecule has 1 unspecified atom stereocenters. The molecule has 2 aromatic carbocycles. The second-order valence-electron chi connectivity index (χ2n) is 9.34. The topological polar surface area (TPSA) is 77.2 Å². The third-order valence-electron chi connectivity index (χ3n) is 6.78. The highest BCUT2D eigenvalue weighted by Crippen LogP contribution is 2.22. The van der Waals surface area contributed by atoms with Gasteiger partial charge in [0.25, 0.3) is 0 Å². The van der Waals surface area contributed by atoms with Crippen LogP contribution in [0.4, 0.5) is 17.1 Å². The summed E-state index contributed by atoms with van der Waals surface area (Å²) in [5, 5.41) is 12.0. The monoisotopic (exact) mass is 484 g/mol. The molecule has 4 aromatic rings. The number of nitrogens with one attached hydrogen (secondary N) is 4. The van der Waals surface area contributed by atoms with Gasteiger partial charge in [0.2, 0.25) is 0 Å². The number of aromatic amines is 1. The molecular weight excluding hydrogens is 448 g/mol. The van der Waals surface area contributed by atoms with Gasteiger partial charge in [-0.2, -0.15) is 0 Å². The molecule has 0 aliphatic carbocycles. The van der Waals surface area contributed by atoms with Gasteiger partial charge in [-0.1, -0.05) is 18.2 Å². The van der Waals surface area contributed by atoms with E-state index in [2.05, 4.69) is 98.5 Å². The molecule has 36 heavy (non-hydrogen) atoms. The largest absolute Gasteiger partial charge is 0.385 e. The van der Waals surface area contributed by atoms with Crippen LogP contribution in [-0.2, 0) is 11.2 Å². The molecule has 1 saturated heterocycles. The highest BCUT2D eigenvalue weighted by Gasteiger charge is 2.12. The van der Waals surface area contributed by atoms with E-state index in [1.165, 1.54) is 16.5 Å². The van der Waals surface area contributed by atoms with E-state index in [-0.39, 0.29) is 6.04 Å². The Balaban J connectivity index is 1.09. The van der Waals surface area contributed by atoms with E-state index >= 15 is 0 Å². The van der Waals surface area contributed by atoms with Gasteiger partial charge >= 0.3 is 0 Å². The summed E-state index contributed by atoms with van der Waals surface area (Å²) < 4.78 is 5.43. The maximum Gasteiger partial charge on any atom is 0.0594 e. The molecule has 1 atom stereocenters. The SMILES string of the molecule is CC(NCCN1CCOCC1)c1cc(Nc2ccc(NCCc3c[nH]c4ccccc34)cc2)ccn1. The van der Waals surface area contributed by atoms with E-state index in [0.29, 0.717) is 0 Å². The summed E-state index contributed by atoms with van der Waals surface area (Å²) in [6.07, 6.45) is 4.96. The van der Waals surface area contributed by atoms with E-state index in [1.54, 1.807) is 0 Å². The number of morpholine rings is 1. The molecule has 188 valence electrons. The highest BCUT2D eigenvalue weighted by molar-refractivity contribution is 5.83. The quantitative estimate of drug-likeness (QED) is 0.242. The van der Waals surface area contributed by atoms with Gasteiger partial charge < -0.3 is 25.7 Å². The molecular formula is C29H36N6O. The molecule has 7 heteroatoms. The van der Waals surface area contributed by atoms with Crippen molar-refractivity contribution in [1.82, 2.24) is 20.2 Å². The Hall–Kier alpha value is -3.39. The summed E-state index contributed by atoms with van der Waals surface area (Å²) in [5.74, 6) is 0. The minimum absolute atomic E-state index is 0.191. The molecule has 0 saturated carbocycles. The zero-order chi connectivity index (χ0) is 24.6. The minimum Gasteiger partial charge on any atom is -0.385 e. The molecule has 1 aliphatic heterocycles. The van der Waals surface area contributed by atoms with Gasteiger partial charge in [-0.25, -0.2) is 0 Å². The van der Waals surface area contributed by atoms with Crippen molar-refractivity contribution < 1.29 is 4.74 Å². The summed E-state index contributed by atoms with van der Waals surface area (Å²) in [6.45, 7) is 8.75. The number of pyridine rings is 1. The summed E-state index contributed by atoms with van der Waals surface area (Å²) >= 11 is 0. The van der Waals surface area contributed by atoms with Crippen molar-refractivity contribution in [3.05, 3.63) is 84.3 Å². The lowest BCUT2D eigenvalue weighted by Crippen LogP contribution is -2.40. The van der Waals surface area contributed by atoms with Gasteiger partial charge in [0.1, 0.15) is 0 Å². The second kappa shape index (κ2) is 12.0. The Labute approximate surface area is 213 Å². The Morgan fingerprint density at radius 1 is 0.972 bits per heavy atom. The standard InChI is InChI=1S/C29H36N6O/c1-22(30-14-15-35-16-18-36-19-17-35)29-20-26(11-13-32-29)34-25-8-6-24(7-9-25)31-12-10-23-21-33-28-5-3-2-4-27(23)28/h2-9,11,13,20-22,30-31,33H,10,12,14-19H2,1H3,(H,32,34). The van der Waals surface area contributed by atoms with E-state index in [4.69, 9.17) is 4.74 Å². The molecule has 3 heterocycles. The molecule has 1 fully saturated rings. The van der Waals surface area contributed by atoms with Crippen LogP contribution in [0.25, 0.3) is 10.9 Å². The maximum absolute atomic E-state index is 5.43. The second-order valence-corrected chi connectivity index (χ2v) is 9.34. The summed E-state index contributed by atoms with van der Waals surface area (Å²) in [4.78, 5) is 10.4. The average molecular weight is 485 g/mol. The Morgan fingerprint density at radius 3 is 2.64 bits per heavy atom. The summed E-state index contributed by atoms with van der Waals surface area (Å²) in [7, 11) is 0. The molecule has 4 N–H and O–H groups in total. The lowest BCUT2D eigenvalue weighted by molar-refractivity contribution is 0.0382. The Bertz CT molecular complexity index is 1230. The number of H-pyrrole nitrogens is 1. The van der Waals surface area contributed by atoms with Gasteiger partial charge in [-0.05, 0) is 61.4 Å². The van der Waals surface area contributed by atoms with Crippen LogP contribution in [0.3, 0.4) is 0 Å². The third-order valence-corrected chi connectivity index (χ3v) is 6.78. The van der Waals surface area contributed by atoms with Crippen LogP contribution in [0.15, 0.2) is 73.1 Å². The normalized spacial score (nSPS) is 15.1. The van der Waals surface area contributed by atoms with Gasteiger partial charge in [0.15, 0.2) is 0 Å². The number of fused-ring (bicyclic) bond motifs is 1. The minimum atomic E-state index is 0.191. The molecule has 5 rings (SSSR count). The van der Waals surface area contributed by atoms with Crippen LogP contribution in [0.5, 0.6) is 0 Å². The lowest BCUT2D eigenvalue weighted by atomic mass is 10.1. The van der Waals surface area contributed by atoms with E-state index in [9.17, 15) is 0 Å². The summed E-state index contributed by atoms with van der Waals surface area (Å²) in [6, 6.07) is 21.2. The first-order valence-corrected chi connectivity index (χ1v) is 12.9. The number of benzene rings is 2. The number of aromatic nitrogens is 2. The zero-order valence-electron chi connectivity index (χ0n) is 21.0. The number of para-hydroxylation sites is 1. The molecule has 0 bridgehead atoms. The average Bonchev–Trinajstić information content (AvgIpc) is 3.33. The molecule has 0 spiro atoms. The summed E-state index contributed by atoms with van der Waals surface area (Å²) in [5.41, 5.74) is 6.80. The maximum atomic E-state index is 5.43. The van der Waals surface area contributed by atoms with E-state index < -0.39 is 0 Å². The predicted octanol–water partition coefficient (Wildman–Crippen LogP) is 4.94. The van der Waals surface area contributed by atoms with Crippen molar-refractivity contribution in [2.75, 3.05) is 56.6 Å². The number of hydrogen-bond acceptors (Lipinski definition) is 6. The van der Waals surface area contributed by atoms with Crippen LogP contribution in [0, 0.1) is 0 Å². The smallest absolute Gasteiger partial charge is 0.0594 e. The van der Waals surface area contributed by atoms with Gasteiger partial charge in [0.05, 0.1) is 18.9 Å². The van der Waals surface area contributed by atoms with Crippen molar-refractivity contribution in [2.24, 2.45) is 0 Å². The molecule has 0 radical (unpaired) electrons.